The summed E-state index contributed by atoms with van der Waals surface area (Å²) in [7, 11) is 0. The van der Waals surface area contributed by atoms with E-state index in [0.29, 0.717) is 35.6 Å². The first-order valence-electron chi connectivity index (χ1n) is 9.75. The molecule has 25 heavy (non-hydrogen) atoms. The molecule has 2 aliphatic heterocycles. The van der Waals surface area contributed by atoms with Crippen molar-refractivity contribution < 1.29 is 14.6 Å². The van der Waals surface area contributed by atoms with Crippen LogP contribution >= 0.6 is 12.2 Å². The number of rotatable bonds is 12. The van der Waals surface area contributed by atoms with E-state index in [-0.39, 0.29) is 0 Å². The molecule has 0 amide bonds. The first kappa shape index (κ1) is 20.4. The van der Waals surface area contributed by atoms with Gasteiger partial charge in [-0.3, -0.25) is 10.2 Å². The van der Waals surface area contributed by atoms with Gasteiger partial charge in [-0.25, -0.2) is 5.43 Å². The summed E-state index contributed by atoms with van der Waals surface area (Å²) in [6.07, 6.45) is 9.77. The van der Waals surface area contributed by atoms with Gasteiger partial charge < -0.3 is 15.2 Å². The molecule has 6 nitrogen and oxygen atoms in total. The van der Waals surface area contributed by atoms with E-state index in [1.54, 1.807) is 0 Å². The Labute approximate surface area is 156 Å². The van der Waals surface area contributed by atoms with Gasteiger partial charge in [-0.05, 0) is 50.2 Å². The van der Waals surface area contributed by atoms with Crippen LogP contribution in [0, 0.1) is 11.8 Å². The summed E-state index contributed by atoms with van der Waals surface area (Å²) in [4.78, 5) is 10.5. The number of nitrogens with one attached hydrogen (secondary N) is 3. The van der Waals surface area contributed by atoms with Crippen LogP contribution in [0.3, 0.4) is 0 Å². The van der Waals surface area contributed by atoms with E-state index >= 15 is 0 Å². The molecule has 144 valence electrons. The molecule has 0 aromatic carbocycles. The maximum absolute atomic E-state index is 10.5. The second kappa shape index (κ2) is 10.9. The number of hydrazine groups is 1. The highest BCUT2D eigenvalue weighted by molar-refractivity contribution is 7.80. The van der Waals surface area contributed by atoms with Crippen LogP contribution in [-0.4, -0.2) is 41.5 Å². The van der Waals surface area contributed by atoms with Gasteiger partial charge >= 0.3 is 5.97 Å². The molecule has 7 heteroatoms. The van der Waals surface area contributed by atoms with Crippen LogP contribution in [0.4, 0.5) is 0 Å². The second-order valence-corrected chi connectivity index (χ2v) is 7.63. The third-order valence-electron chi connectivity index (χ3n) is 5.34. The highest BCUT2D eigenvalue weighted by Crippen LogP contribution is 2.45. The smallest absolute Gasteiger partial charge is 0.303 e. The second-order valence-electron chi connectivity index (χ2n) is 7.23. The lowest BCUT2D eigenvalue weighted by Gasteiger charge is -2.28. The van der Waals surface area contributed by atoms with Gasteiger partial charge in [-0.1, -0.05) is 26.2 Å². The van der Waals surface area contributed by atoms with Crippen LogP contribution < -0.4 is 16.2 Å². The first-order chi connectivity index (χ1) is 12.1. The largest absolute Gasteiger partial charge is 0.481 e. The Morgan fingerprint density at radius 1 is 1.16 bits per heavy atom. The number of hydrogen-bond donors (Lipinski definition) is 4. The van der Waals surface area contributed by atoms with Gasteiger partial charge in [-0.2, -0.15) is 0 Å². The van der Waals surface area contributed by atoms with Gasteiger partial charge in [0.25, 0.3) is 0 Å². The average Bonchev–Trinajstić information content (AvgIpc) is 3.18. The molecule has 0 unspecified atom stereocenters. The van der Waals surface area contributed by atoms with Crippen LogP contribution in [0.1, 0.15) is 64.7 Å². The summed E-state index contributed by atoms with van der Waals surface area (Å²) in [5.74, 6) is 0.468. The lowest BCUT2D eigenvalue weighted by molar-refractivity contribution is -0.137. The molecule has 4 atom stereocenters. The topological polar surface area (TPSA) is 82.6 Å². The zero-order valence-electron chi connectivity index (χ0n) is 15.3. The predicted octanol–water partition coefficient (Wildman–Crippen LogP) is 2.58. The Bertz CT molecular complexity index is 436. The summed E-state index contributed by atoms with van der Waals surface area (Å²) in [5, 5.41) is 12.5. The van der Waals surface area contributed by atoms with Crippen LogP contribution in [0.25, 0.3) is 0 Å². The molecule has 2 aliphatic rings. The van der Waals surface area contributed by atoms with Crippen molar-refractivity contribution in [3.63, 3.8) is 0 Å². The molecule has 0 aromatic heterocycles. The number of carboxylic acid groups (broad SMARTS) is 1. The molecule has 0 radical (unpaired) electrons. The Hall–Kier alpha value is -0.920. The van der Waals surface area contributed by atoms with Crippen molar-refractivity contribution in [3.8, 4) is 0 Å². The molecule has 2 rings (SSSR count). The fourth-order valence-corrected chi connectivity index (χ4v) is 4.27. The van der Waals surface area contributed by atoms with Crippen molar-refractivity contribution in [2.24, 2.45) is 11.8 Å². The molecule has 2 fully saturated rings. The zero-order chi connectivity index (χ0) is 18.1. The van der Waals surface area contributed by atoms with Crippen molar-refractivity contribution in [2.75, 3.05) is 13.1 Å². The van der Waals surface area contributed by atoms with Gasteiger partial charge in [0.2, 0.25) is 0 Å². The van der Waals surface area contributed by atoms with Gasteiger partial charge in [-0.15, -0.1) is 0 Å². The number of carboxylic acids is 1. The Morgan fingerprint density at radius 2 is 1.88 bits per heavy atom. The van der Waals surface area contributed by atoms with Crippen LogP contribution in [-0.2, 0) is 9.53 Å². The third kappa shape index (κ3) is 6.72. The number of aliphatic carboxylic acids is 1. The van der Waals surface area contributed by atoms with Crippen LogP contribution in [0.5, 0.6) is 0 Å². The summed E-state index contributed by atoms with van der Waals surface area (Å²) < 4.78 is 6.14. The summed E-state index contributed by atoms with van der Waals surface area (Å²) in [5.41, 5.74) is 6.35. The Morgan fingerprint density at radius 3 is 2.60 bits per heavy atom. The third-order valence-corrected chi connectivity index (χ3v) is 5.59. The van der Waals surface area contributed by atoms with E-state index in [1.807, 2.05) is 0 Å². The highest BCUT2D eigenvalue weighted by Gasteiger charge is 2.47. The maximum atomic E-state index is 10.5. The molecular formula is C18H33N3O3S. The van der Waals surface area contributed by atoms with Gasteiger partial charge in [0.1, 0.15) is 0 Å². The fourth-order valence-electron chi connectivity index (χ4n) is 4.10. The number of unbranched alkanes of at least 4 members (excludes halogenated alkanes) is 3. The molecular weight excluding hydrogens is 338 g/mol. The number of ether oxygens (including phenoxy) is 1. The molecule has 4 N–H and O–H groups in total. The molecule has 2 heterocycles. The predicted molar refractivity (Wildman–Crippen MR) is 102 cm³/mol. The van der Waals surface area contributed by atoms with Crippen LogP contribution in [0.15, 0.2) is 0 Å². The number of hydrogen-bond acceptors (Lipinski definition) is 4. The van der Waals surface area contributed by atoms with E-state index in [2.05, 4.69) is 23.1 Å². The molecule has 0 aliphatic carbocycles. The van der Waals surface area contributed by atoms with E-state index in [9.17, 15) is 4.79 Å². The van der Waals surface area contributed by atoms with Gasteiger partial charge in [0.05, 0.1) is 12.2 Å². The minimum absolute atomic E-state index is 0.293. The van der Waals surface area contributed by atoms with E-state index in [4.69, 9.17) is 22.1 Å². The molecule has 0 aromatic rings. The number of carbonyl (C=O) groups is 1. The quantitative estimate of drug-likeness (QED) is 0.238. The summed E-state index contributed by atoms with van der Waals surface area (Å²) >= 11 is 5.23. The maximum Gasteiger partial charge on any atom is 0.303 e. The minimum atomic E-state index is -0.688. The van der Waals surface area contributed by atoms with Gasteiger partial charge in [0.15, 0.2) is 5.11 Å². The lowest BCUT2D eigenvalue weighted by Crippen LogP contribution is -2.48. The van der Waals surface area contributed by atoms with Gasteiger partial charge in [0, 0.05) is 25.4 Å². The first-order valence-corrected chi connectivity index (χ1v) is 10.2. The average molecular weight is 372 g/mol. The van der Waals surface area contributed by atoms with Crippen LogP contribution in [0.2, 0.25) is 0 Å². The highest BCUT2D eigenvalue weighted by atomic mass is 32.1. The van der Waals surface area contributed by atoms with E-state index < -0.39 is 5.97 Å². The molecule has 0 spiro atoms. The standard InChI is InChI=1S/C18H33N3O3S/c1-2-11-19-18(25)21-20-12-14-13(15-9-10-16(14)24-15)7-5-3-4-6-8-17(22)23/h13-16,20H,2-12H2,1H3,(H,22,23)(H2,19,21,25)/t13-,14-,15+,16-/m1/s1. The minimum Gasteiger partial charge on any atom is -0.481 e. The van der Waals surface area contributed by atoms with Crippen molar-refractivity contribution in [3.05, 3.63) is 0 Å². The van der Waals surface area contributed by atoms with E-state index in [0.717, 1.165) is 45.2 Å². The number of fused-ring (bicyclic) bond motifs is 2. The Kier molecular flexibility index (Phi) is 8.92. The zero-order valence-corrected chi connectivity index (χ0v) is 16.1. The van der Waals surface area contributed by atoms with Crippen molar-refractivity contribution in [1.29, 1.82) is 0 Å². The normalized spacial score (nSPS) is 27.4. The monoisotopic (exact) mass is 371 g/mol. The number of thiocarbonyl (C=S) groups is 1. The molecule has 2 bridgehead atoms. The van der Waals surface area contributed by atoms with Crippen molar-refractivity contribution in [1.82, 2.24) is 16.2 Å². The fraction of sp³-hybridized carbons (Fsp3) is 0.889. The Balaban J connectivity index is 1.64. The molecule has 0 saturated carbocycles. The van der Waals surface area contributed by atoms with Crippen molar-refractivity contribution >= 4 is 23.3 Å². The van der Waals surface area contributed by atoms with Crippen molar-refractivity contribution in [2.45, 2.75) is 76.9 Å². The summed E-state index contributed by atoms with van der Waals surface area (Å²) in [6, 6.07) is 0. The molecule has 2 saturated heterocycles. The lowest BCUT2D eigenvalue weighted by atomic mass is 9.76. The SMILES string of the molecule is CCCNC(=S)NNC[C@@H]1[C@@H](CCCCCCC(=O)O)[C@@H]2CC[C@H]1O2. The summed E-state index contributed by atoms with van der Waals surface area (Å²) in [6.45, 7) is 3.87. The van der Waals surface area contributed by atoms with E-state index in [1.165, 1.54) is 19.3 Å².